The molecule has 0 unspecified atom stereocenters. The molecule has 0 aliphatic heterocycles. The lowest BCUT2D eigenvalue weighted by atomic mass is 10.3. The molecule has 0 radical (unpaired) electrons. The summed E-state index contributed by atoms with van der Waals surface area (Å²) in [5, 5.41) is 6.43. The third-order valence-corrected chi connectivity index (χ3v) is 1.96. The number of aromatic nitrogens is 2. The van der Waals surface area contributed by atoms with Gasteiger partial charge in [0, 0.05) is 6.20 Å². The van der Waals surface area contributed by atoms with E-state index in [0.717, 1.165) is 0 Å². The fourth-order valence-electron chi connectivity index (χ4n) is 1.17. The SMILES string of the molecule is COC(=O)CNc1cn(CCF)nc1C(N)=O. The van der Waals surface area contributed by atoms with Crippen LogP contribution in [0.1, 0.15) is 10.5 Å². The van der Waals surface area contributed by atoms with Crippen LogP contribution in [0.4, 0.5) is 10.1 Å². The van der Waals surface area contributed by atoms with Crippen LogP contribution in [0.15, 0.2) is 6.20 Å². The van der Waals surface area contributed by atoms with Gasteiger partial charge in [-0.05, 0) is 0 Å². The van der Waals surface area contributed by atoms with E-state index in [0.29, 0.717) is 0 Å². The molecule has 0 bridgehead atoms. The summed E-state index contributed by atoms with van der Waals surface area (Å²) in [5.74, 6) is -1.26. The van der Waals surface area contributed by atoms with E-state index in [1.54, 1.807) is 0 Å². The number of alkyl halides is 1. The molecule has 7 nitrogen and oxygen atoms in total. The van der Waals surface area contributed by atoms with Crippen LogP contribution < -0.4 is 11.1 Å². The zero-order valence-corrected chi connectivity index (χ0v) is 9.27. The van der Waals surface area contributed by atoms with Crippen molar-refractivity contribution < 1.29 is 18.7 Å². The first kappa shape index (κ1) is 12.9. The first-order valence-corrected chi connectivity index (χ1v) is 4.82. The molecule has 0 aliphatic carbocycles. The van der Waals surface area contributed by atoms with Crippen LogP contribution in [0.2, 0.25) is 0 Å². The largest absolute Gasteiger partial charge is 0.468 e. The number of nitrogens with one attached hydrogen (secondary N) is 1. The second-order valence-corrected chi connectivity index (χ2v) is 3.14. The van der Waals surface area contributed by atoms with E-state index in [9.17, 15) is 14.0 Å². The van der Waals surface area contributed by atoms with Crippen LogP contribution in [-0.4, -0.2) is 42.0 Å². The lowest BCUT2D eigenvalue weighted by Crippen LogP contribution is -2.18. The minimum absolute atomic E-state index is 0.0141. The van der Waals surface area contributed by atoms with Crippen LogP contribution in [0.5, 0.6) is 0 Å². The Balaban J connectivity index is 2.81. The van der Waals surface area contributed by atoms with Gasteiger partial charge in [0.1, 0.15) is 13.2 Å². The van der Waals surface area contributed by atoms with Gasteiger partial charge in [0.2, 0.25) is 0 Å². The van der Waals surface area contributed by atoms with Gasteiger partial charge in [-0.1, -0.05) is 0 Å². The van der Waals surface area contributed by atoms with Crippen molar-refractivity contribution in [2.75, 3.05) is 25.6 Å². The van der Waals surface area contributed by atoms with Gasteiger partial charge in [0.25, 0.3) is 5.91 Å². The van der Waals surface area contributed by atoms with Gasteiger partial charge in [-0.25, -0.2) is 4.39 Å². The summed E-state index contributed by atoms with van der Waals surface area (Å²) < 4.78 is 17.8. The molecule has 3 N–H and O–H groups in total. The molecule has 8 heteroatoms. The molecule has 17 heavy (non-hydrogen) atoms. The minimum atomic E-state index is -0.755. The van der Waals surface area contributed by atoms with Crippen molar-refractivity contribution in [3.05, 3.63) is 11.9 Å². The molecule has 0 saturated heterocycles. The summed E-state index contributed by atoms with van der Waals surface area (Å²) in [4.78, 5) is 22.0. The second kappa shape index (κ2) is 5.83. The van der Waals surface area contributed by atoms with Gasteiger partial charge in [-0.2, -0.15) is 5.10 Å². The number of esters is 1. The topological polar surface area (TPSA) is 99.2 Å². The number of anilines is 1. The molecule has 1 rings (SSSR count). The molecule has 1 aromatic rings. The number of carbonyl (C=O) groups excluding carboxylic acids is 2. The van der Waals surface area contributed by atoms with E-state index in [2.05, 4.69) is 15.2 Å². The van der Waals surface area contributed by atoms with Gasteiger partial charge in [0.05, 0.1) is 19.3 Å². The molecule has 94 valence electrons. The number of carbonyl (C=O) groups is 2. The lowest BCUT2D eigenvalue weighted by Gasteiger charge is -2.02. The highest BCUT2D eigenvalue weighted by molar-refractivity contribution is 5.96. The van der Waals surface area contributed by atoms with Crippen molar-refractivity contribution in [3.8, 4) is 0 Å². The Bertz CT molecular complexity index is 418. The highest BCUT2D eigenvalue weighted by atomic mass is 19.1. The van der Waals surface area contributed by atoms with E-state index in [4.69, 9.17) is 5.73 Å². The average molecular weight is 244 g/mol. The van der Waals surface area contributed by atoms with Crippen LogP contribution >= 0.6 is 0 Å². The van der Waals surface area contributed by atoms with E-state index in [1.807, 2.05) is 0 Å². The Morgan fingerprint density at radius 2 is 2.35 bits per heavy atom. The number of aryl methyl sites for hydroxylation is 1. The molecule has 0 atom stereocenters. The van der Waals surface area contributed by atoms with Gasteiger partial charge in [0.15, 0.2) is 5.69 Å². The number of hydrogen-bond donors (Lipinski definition) is 2. The molecule has 1 aromatic heterocycles. The molecule has 0 fully saturated rings. The Hall–Kier alpha value is -2.12. The van der Waals surface area contributed by atoms with Gasteiger partial charge < -0.3 is 15.8 Å². The smallest absolute Gasteiger partial charge is 0.325 e. The Kier molecular flexibility index (Phi) is 4.44. The fourth-order valence-corrected chi connectivity index (χ4v) is 1.17. The van der Waals surface area contributed by atoms with Crippen LogP contribution in [-0.2, 0) is 16.1 Å². The number of halogens is 1. The third kappa shape index (κ3) is 3.44. The van der Waals surface area contributed by atoms with E-state index < -0.39 is 18.6 Å². The zero-order valence-electron chi connectivity index (χ0n) is 9.27. The number of primary amides is 1. The second-order valence-electron chi connectivity index (χ2n) is 3.14. The van der Waals surface area contributed by atoms with Crippen molar-refractivity contribution in [1.29, 1.82) is 0 Å². The van der Waals surface area contributed by atoms with Gasteiger partial charge >= 0.3 is 5.97 Å². The van der Waals surface area contributed by atoms with Gasteiger partial charge in [-0.15, -0.1) is 0 Å². The molecule has 0 spiro atoms. The normalized spacial score (nSPS) is 10.0. The lowest BCUT2D eigenvalue weighted by molar-refractivity contribution is -0.138. The van der Waals surface area contributed by atoms with Crippen molar-refractivity contribution in [3.63, 3.8) is 0 Å². The maximum absolute atomic E-state index is 12.1. The number of methoxy groups -OCH3 is 1. The Morgan fingerprint density at radius 3 is 2.88 bits per heavy atom. The molecule has 1 amide bonds. The third-order valence-electron chi connectivity index (χ3n) is 1.96. The van der Waals surface area contributed by atoms with Crippen molar-refractivity contribution >= 4 is 17.6 Å². The van der Waals surface area contributed by atoms with Crippen molar-refractivity contribution in [1.82, 2.24) is 9.78 Å². The summed E-state index contributed by atoms with van der Waals surface area (Å²) in [7, 11) is 1.24. The van der Waals surface area contributed by atoms with Crippen molar-refractivity contribution in [2.45, 2.75) is 6.54 Å². The molecule has 0 aliphatic rings. The average Bonchev–Trinajstić information content (AvgIpc) is 2.69. The predicted octanol–water partition coefficient (Wildman–Crippen LogP) is -0.464. The van der Waals surface area contributed by atoms with Crippen LogP contribution in [0.3, 0.4) is 0 Å². The maximum Gasteiger partial charge on any atom is 0.325 e. The monoisotopic (exact) mass is 244 g/mol. The summed E-state index contributed by atoms with van der Waals surface area (Å²) in [6.45, 7) is -0.728. The number of ether oxygens (including phenoxy) is 1. The molecule has 0 aromatic carbocycles. The number of hydrogen-bond acceptors (Lipinski definition) is 5. The summed E-state index contributed by atoms with van der Waals surface area (Å²) >= 11 is 0. The summed E-state index contributed by atoms with van der Waals surface area (Å²) in [6.07, 6.45) is 1.41. The van der Waals surface area contributed by atoms with Gasteiger partial charge in [-0.3, -0.25) is 14.3 Å². The number of nitrogens with two attached hydrogens (primary N) is 1. The Morgan fingerprint density at radius 1 is 1.65 bits per heavy atom. The molecular weight excluding hydrogens is 231 g/mol. The van der Waals surface area contributed by atoms with E-state index >= 15 is 0 Å². The number of amides is 1. The highest BCUT2D eigenvalue weighted by Gasteiger charge is 2.14. The molecule has 1 heterocycles. The van der Waals surface area contributed by atoms with E-state index in [1.165, 1.54) is 18.0 Å². The fraction of sp³-hybridized carbons (Fsp3) is 0.444. The maximum atomic E-state index is 12.1. The number of rotatable bonds is 6. The Labute approximate surface area is 96.7 Å². The number of nitrogens with zero attached hydrogens (tertiary/aromatic N) is 2. The molecule has 0 saturated carbocycles. The summed E-state index contributed by atoms with van der Waals surface area (Å²) in [6, 6.07) is 0. The highest BCUT2D eigenvalue weighted by Crippen LogP contribution is 2.12. The predicted molar refractivity (Wildman–Crippen MR) is 57.2 cm³/mol. The van der Waals surface area contributed by atoms with E-state index in [-0.39, 0.29) is 24.5 Å². The van der Waals surface area contributed by atoms with Crippen LogP contribution in [0.25, 0.3) is 0 Å². The summed E-state index contributed by atoms with van der Waals surface area (Å²) in [5.41, 5.74) is 5.33. The minimum Gasteiger partial charge on any atom is -0.468 e. The quantitative estimate of drug-likeness (QED) is 0.659. The first-order chi connectivity index (χ1) is 8.08. The first-order valence-electron chi connectivity index (χ1n) is 4.82. The molecular formula is C9H13FN4O3. The van der Waals surface area contributed by atoms with Crippen molar-refractivity contribution in [2.24, 2.45) is 5.73 Å². The zero-order chi connectivity index (χ0) is 12.8. The van der Waals surface area contributed by atoms with Crippen LogP contribution in [0, 0.1) is 0 Å². The standard InChI is InChI=1S/C9H13FN4O3/c1-17-7(15)4-12-6-5-14(3-2-10)13-8(6)9(11)16/h5,12H,2-4H2,1H3,(H2,11,16).